The Morgan fingerprint density at radius 3 is 1.89 bits per heavy atom. The van der Waals surface area contributed by atoms with Crippen LogP contribution in [-0.4, -0.2) is 47.8 Å². The van der Waals surface area contributed by atoms with Crippen molar-refractivity contribution in [2.24, 2.45) is 0 Å². The standard InChI is InChI=1S/C33H50N2O/c1-27(2)13-10-14-28(3)15-11-16-29(4)17-12-18-30(5)21-22-34-23-24-35(33(26-34)31(6)36)25-32-19-8-7-9-20-32/h7-9,13,15,17,19-21,33H,10-12,14,16,18,22-26H2,1-6H3. The number of allylic oxidation sites excluding steroid dienone is 7. The van der Waals surface area contributed by atoms with Crippen LogP contribution in [0.5, 0.6) is 0 Å². The van der Waals surface area contributed by atoms with E-state index >= 15 is 0 Å². The van der Waals surface area contributed by atoms with E-state index in [9.17, 15) is 4.79 Å². The van der Waals surface area contributed by atoms with Gasteiger partial charge in [-0.15, -0.1) is 0 Å². The summed E-state index contributed by atoms with van der Waals surface area (Å²) in [6.45, 7) is 17.4. The second-order valence-corrected chi connectivity index (χ2v) is 10.9. The molecule has 1 atom stereocenters. The molecule has 0 aromatic heterocycles. The Balaban J connectivity index is 1.72. The zero-order valence-corrected chi connectivity index (χ0v) is 23.9. The average molecular weight is 491 g/mol. The van der Waals surface area contributed by atoms with Gasteiger partial charge >= 0.3 is 0 Å². The molecule has 1 aromatic rings. The lowest BCUT2D eigenvalue weighted by molar-refractivity contribution is -0.124. The molecule has 3 nitrogen and oxygen atoms in total. The van der Waals surface area contributed by atoms with E-state index < -0.39 is 0 Å². The molecule has 36 heavy (non-hydrogen) atoms. The molecule has 0 N–H and O–H groups in total. The van der Waals surface area contributed by atoms with E-state index in [1.54, 1.807) is 6.92 Å². The van der Waals surface area contributed by atoms with Crippen molar-refractivity contribution in [2.75, 3.05) is 26.2 Å². The lowest BCUT2D eigenvalue weighted by Gasteiger charge is -2.40. The van der Waals surface area contributed by atoms with E-state index in [4.69, 9.17) is 0 Å². The molecule has 0 radical (unpaired) electrons. The van der Waals surface area contributed by atoms with Crippen LogP contribution in [0.1, 0.15) is 85.6 Å². The summed E-state index contributed by atoms with van der Waals surface area (Å²) < 4.78 is 0. The Labute approximate surface area is 221 Å². The summed E-state index contributed by atoms with van der Waals surface area (Å²) >= 11 is 0. The zero-order valence-electron chi connectivity index (χ0n) is 23.9. The van der Waals surface area contributed by atoms with Gasteiger partial charge in [-0.25, -0.2) is 0 Å². The summed E-state index contributed by atoms with van der Waals surface area (Å²) in [6, 6.07) is 10.5. The molecule has 0 aliphatic carbocycles. The molecular weight excluding hydrogens is 440 g/mol. The molecule has 1 fully saturated rings. The fourth-order valence-electron chi connectivity index (χ4n) is 4.71. The number of carbonyl (C=O) groups excluding carboxylic acids is 1. The third kappa shape index (κ3) is 12.1. The maximum absolute atomic E-state index is 12.4. The van der Waals surface area contributed by atoms with Gasteiger partial charge in [-0.05, 0) is 85.6 Å². The number of rotatable bonds is 14. The molecule has 0 amide bonds. The summed E-state index contributed by atoms with van der Waals surface area (Å²) in [7, 11) is 0. The Hall–Kier alpha value is -2.23. The topological polar surface area (TPSA) is 23.6 Å². The van der Waals surface area contributed by atoms with Crippen molar-refractivity contribution < 1.29 is 4.79 Å². The van der Waals surface area contributed by atoms with Crippen molar-refractivity contribution in [1.29, 1.82) is 0 Å². The van der Waals surface area contributed by atoms with Crippen LogP contribution in [0, 0.1) is 0 Å². The van der Waals surface area contributed by atoms with Gasteiger partial charge in [0.25, 0.3) is 0 Å². The van der Waals surface area contributed by atoms with E-state index in [0.717, 1.165) is 64.8 Å². The molecule has 0 bridgehead atoms. The van der Waals surface area contributed by atoms with Gasteiger partial charge in [0.2, 0.25) is 0 Å². The van der Waals surface area contributed by atoms with Crippen molar-refractivity contribution in [3.8, 4) is 0 Å². The summed E-state index contributed by atoms with van der Waals surface area (Å²) in [6.07, 6.45) is 16.4. The van der Waals surface area contributed by atoms with Crippen LogP contribution in [0.2, 0.25) is 0 Å². The van der Waals surface area contributed by atoms with Crippen molar-refractivity contribution >= 4 is 5.78 Å². The molecule has 198 valence electrons. The molecule has 1 aliphatic heterocycles. The number of carbonyl (C=O) groups is 1. The first-order valence-corrected chi connectivity index (χ1v) is 13.9. The molecular formula is C33H50N2O. The summed E-state index contributed by atoms with van der Waals surface area (Å²) in [4.78, 5) is 17.2. The summed E-state index contributed by atoms with van der Waals surface area (Å²) in [5.74, 6) is 0.273. The minimum Gasteiger partial charge on any atom is -0.298 e. The van der Waals surface area contributed by atoms with Gasteiger partial charge in [0.1, 0.15) is 5.78 Å². The van der Waals surface area contributed by atoms with Crippen LogP contribution in [0.15, 0.2) is 76.9 Å². The summed E-state index contributed by atoms with van der Waals surface area (Å²) in [5.41, 5.74) is 7.14. The molecule has 1 unspecified atom stereocenters. The van der Waals surface area contributed by atoms with Crippen LogP contribution in [0.4, 0.5) is 0 Å². The van der Waals surface area contributed by atoms with E-state index in [0.29, 0.717) is 0 Å². The van der Waals surface area contributed by atoms with Gasteiger partial charge < -0.3 is 0 Å². The highest BCUT2D eigenvalue weighted by molar-refractivity contribution is 5.81. The Kier molecular flexibility index (Phi) is 13.8. The Morgan fingerprint density at radius 1 is 0.778 bits per heavy atom. The summed E-state index contributed by atoms with van der Waals surface area (Å²) in [5, 5.41) is 0. The number of hydrogen-bond acceptors (Lipinski definition) is 3. The molecule has 1 heterocycles. The largest absolute Gasteiger partial charge is 0.298 e. The van der Waals surface area contributed by atoms with Crippen LogP contribution < -0.4 is 0 Å². The number of piperazine rings is 1. The fraction of sp³-hybridized carbons (Fsp3) is 0.545. The highest BCUT2D eigenvalue weighted by Crippen LogP contribution is 2.17. The molecule has 1 aromatic carbocycles. The number of Topliss-reactive ketones (excluding diaryl/α,β-unsaturated/α-hetero) is 1. The first-order valence-electron chi connectivity index (χ1n) is 13.9. The maximum Gasteiger partial charge on any atom is 0.148 e. The second kappa shape index (κ2) is 16.5. The maximum atomic E-state index is 12.4. The van der Waals surface area contributed by atoms with E-state index in [1.807, 2.05) is 6.07 Å². The highest BCUT2D eigenvalue weighted by Gasteiger charge is 2.29. The number of benzene rings is 1. The SMILES string of the molecule is CC(=O)C1CN(CC=C(C)CCC=C(C)CCC=C(C)CCC=C(C)C)CCN1Cc1ccccc1. The van der Waals surface area contributed by atoms with Gasteiger partial charge in [0, 0.05) is 32.7 Å². The molecule has 2 rings (SSSR count). The molecule has 0 saturated carbocycles. The predicted octanol–water partition coefficient (Wildman–Crippen LogP) is 7.91. The molecule has 3 heteroatoms. The van der Waals surface area contributed by atoms with Crippen molar-refractivity contribution in [1.82, 2.24) is 9.80 Å². The average Bonchev–Trinajstić information content (AvgIpc) is 2.83. The fourth-order valence-corrected chi connectivity index (χ4v) is 4.71. The van der Waals surface area contributed by atoms with Crippen molar-refractivity contribution in [2.45, 2.75) is 92.7 Å². The molecule has 1 aliphatic rings. The smallest absolute Gasteiger partial charge is 0.148 e. The highest BCUT2D eigenvalue weighted by atomic mass is 16.1. The van der Waals surface area contributed by atoms with Gasteiger partial charge in [0.05, 0.1) is 6.04 Å². The third-order valence-corrected chi connectivity index (χ3v) is 7.13. The zero-order chi connectivity index (χ0) is 26.3. The minimum absolute atomic E-state index is 0.0110. The molecule has 0 spiro atoms. The van der Waals surface area contributed by atoms with Crippen LogP contribution in [0.25, 0.3) is 0 Å². The second-order valence-electron chi connectivity index (χ2n) is 10.9. The van der Waals surface area contributed by atoms with Crippen LogP contribution in [0.3, 0.4) is 0 Å². The minimum atomic E-state index is -0.0110. The van der Waals surface area contributed by atoms with Crippen LogP contribution in [-0.2, 0) is 11.3 Å². The normalized spacial score (nSPS) is 18.4. The lowest BCUT2D eigenvalue weighted by Crippen LogP contribution is -2.55. The Morgan fingerprint density at radius 2 is 1.33 bits per heavy atom. The predicted molar refractivity (Wildman–Crippen MR) is 156 cm³/mol. The third-order valence-electron chi connectivity index (χ3n) is 7.13. The van der Waals surface area contributed by atoms with Crippen molar-refractivity contribution in [3.05, 3.63) is 82.5 Å². The van der Waals surface area contributed by atoms with Crippen molar-refractivity contribution in [3.63, 3.8) is 0 Å². The van der Waals surface area contributed by atoms with Gasteiger partial charge in [-0.2, -0.15) is 0 Å². The Bertz CT molecular complexity index is 918. The van der Waals surface area contributed by atoms with Crippen LogP contribution >= 0.6 is 0 Å². The van der Waals surface area contributed by atoms with E-state index in [-0.39, 0.29) is 11.8 Å². The number of nitrogens with zero attached hydrogens (tertiary/aromatic N) is 2. The van der Waals surface area contributed by atoms with Gasteiger partial charge in [0.15, 0.2) is 0 Å². The van der Waals surface area contributed by atoms with E-state index in [2.05, 4.69) is 93.0 Å². The quantitative estimate of drug-likeness (QED) is 0.248. The first kappa shape index (κ1) is 30.0. The van der Waals surface area contributed by atoms with E-state index in [1.165, 1.54) is 34.3 Å². The molecule has 1 saturated heterocycles. The number of ketones is 1. The first-order chi connectivity index (χ1) is 17.2. The van der Waals surface area contributed by atoms with Gasteiger partial charge in [-0.3, -0.25) is 14.6 Å². The monoisotopic (exact) mass is 490 g/mol. The lowest BCUT2D eigenvalue weighted by atomic mass is 10.0. The van der Waals surface area contributed by atoms with Gasteiger partial charge in [-0.1, -0.05) is 76.9 Å². The number of hydrogen-bond donors (Lipinski definition) is 0.